The zero-order valence-corrected chi connectivity index (χ0v) is 11.7. The van der Waals surface area contributed by atoms with Crippen LogP contribution < -0.4 is 5.32 Å². The largest absolute Gasteiger partial charge is 0.404 e. The van der Waals surface area contributed by atoms with E-state index >= 15 is 0 Å². The van der Waals surface area contributed by atoms with Crippen LogP contribution in [0.2, 0.25) is 0 Å². The summed E-state index contributed by atoms with van der Waals surface area (Å²) >= 11 is 1.56. The van der Waals surface area contributed by atoms with Crippen molar-refractivity contribution in [2.24, 2.45) is 0 Å². The van der Waals surface area contributed by atoms with E-state index in [1.165, 1.54) is 12.4 Å². The molecular formula is C13H17F3N2OS. The molecule has 0 saturated carbocycles. The van der Waals surface area contributed by atoms with Gasteiger partial charge in [0.1, 0.15) is 6.04 Å². The first kappa shape index (κ1) is 15.6. The summed E-state index contributed by atoms with van der Waals surface area (Å²) in [4.78, 5) is 3.79. The second-order valence-corrected chi connectivity index (χ2v) is 6.17. The van der Waals surface area contributed by atoms with Crippen molar-refractivity contribution in [2.45, 2.75) is 30.7 Å². The Morgan fingerprint density at radius 2 is 2.10 bits per heavy atom. The summed E-state index contributed by atoms with van der Waals surface area (Å²) in [5.74, 6) is 1.28. The van der Waals surface area contributed by atoms with Gasteiger partial charge in [0, 0.05) is 24.7 Å². The third kappa shape index (κ3) is 4.36. The van der Waals surface area contributed by atoms with E-state index in [1.54, 1.807) is 23.9 Å². The van der Waals surface area contributed by atoms with Gasteiger partial charge >= 0.3 is 6.18 Å². The highest BCUT2D eigenvalue weighted by atomic mass is 32.2. The lowest BCUT2D eigenvalue weighted by atomic mass is 10.0. The van der Waals surface area contributed by atoms with Crippen LogP contribution in [-0.4, -0.2) is 46.0 Å². The van der Waals surface area contributed by atoms with Crippen LogP contribution >= 0.6 is 11.8 Å². The van der Waals surface area contributed by atoms with Crippen molar-refractivity contribution in [3.05, 3.63) is 30.1 Å². The minimum atomic E-state index is -4.34. The fourth-order valence-electron chi connectivity index (χ4n) is 2.11. The summed E-state index contributed by atoms with van der Waals surface area (Å²) in [5, 5.41) is 12.6. The molecule has 2 N–H and O–H groups in total. The molecule has 20 heavy (non-hydrogen) atoms. The molecule has 1 aromatic heterocycles. The number of thioether (sulfide) groups is 1. The number of nitrogens with zero attached hydrogens (tertiary/aromatic N) is 1. The molecule has 2 heterocycles. The number of hydrogen-bond donors (Lipinski definition) is 2. The summed E-state index contributed by atoms with van der Waals surface area (Å²) in [6.45, 7) is -0.0325. The maximum absolute atomic E-state index is 13.0. The topological polar surface area (TPSA) is 45.1 Å². The molecule has 2 rings (SSSR count). The van der Waals surface area contributed by atoms with E-state index in [0.717, 1.165) is 5.75 Å². The Labute approximate surface area is 120 Å². The van der Waals surface area contributed by atoms with E-state index in [-0.39, 0.29) is 13.0 Å². The van der Waals surface area contributed by atoms with Crippen LogP contribution in [0.15, 0.2) is 24.5 Å². The Hall–Kier alpha value is -0.790. The zero-order valence-electron chi connectivity index (χ0n) is 10.9. The Bertz CT molecular complexity index is 421. The van der Waals surface area contributed by atoms with E-state index in [1.807, 2.05) is 0 Å². The Kier molecular flexibility index (Phi) is 4.93. The average Bonchev–Trinajstić information content (AvgIpc) is 2.82. The van der Waals surface area contributed by atoms with Crippen molar-refractivity contribution in [1.29, 1.82) is 0 Å². The maximum Gasteiger partial charge on any atom is 0.404 e. The number of rotatable bonds is 5. The van der Waals surface area contributed by atoms with Gasteiger partial charge in [-0.1, -0.05) is 0 Å². The van der Waals surface area contributed by atoms with Gasteiger partial charge in [0.25, 0.3) is 0 Å². The van der Waals surface area contributed by atoms with E-state index in [4.69, 9.17) is 0 Å². The fourth-order valence-corrected chi connectivity index (χ4v) is 3.40. The Balaban J connectivity index is 1.97. The van der Waals surface area contributed by atoms with Gasteiger partial charge < -0.3 is 10.4 Å². The third-order valence-corrected chi connectivity index (χ3v) is 4.58. The lowest BCUT2D eigenvalue weighted by Crippen LogP contribution is -2.51. The molecule has 0 unspecified atom stereocenters. The summed E-state index contributed by atoms with van der Waals surface area (Å²) < 4.78 is 39.1. The van der Waals surface area contributed by atoms with Gasteiger partial charge in [-0.15, -0.1) is 0 Å². The summed E-state index contributed by atoms with van der Waals surface area (Å²) in [5.41, 5.74) is -0.450. The van der Waals surface area contributed by atoms with Crippen molar-refractivity contribution in [1.82, 2.24) is 10.3 Å². The molecule has 0 aliphatic carbocycles. The van der Waals surface area contributed by atoms with Crippen LogP contribution in [-0.2, 0) is 6.42 Å². The maximum atomic E-state index is 13.0. The molecule has 0 bridgehead atoms. The first-order valence-electron chi connectivity index (χ1n) is 6.38. The van der Waals surface area contributed by atoms with Crippen molar-refractivity contribution in [2.75, 3.05) is 18.1 Å². The number of alkyl halides is 3. The number of halogens is 3. The molecule has 0 amide bonds. The monoisotopic (exact) mass is 306 g/mol. The number of pyridine rings is 1. The van der Waals surface area contributed by atoms with E-state index in [9.17, 15) is 18.3 Å². The van der Waals surface area contributed by atoms with Gasteiger partial charge in [-0.05, 0) is 36.3 Å². The smallest absolute Gasteiger partial charge is 0.388 e. The van der Waals surface area contributed by atoms with Crippen molar-refractivity contribution in [3.8, 4) is 0 Å². The Morgan fingerprint density at radius 1 is 1.40 bits per heavy atom. The number of hydrogen-bond acceptors (Lipinski definition) is 4. The predicted octanol–water partition coefficient (Wildman–Crippen LogP) is 2.01. The molecule has 1 aliphatic rings. The molecule has 1 saturated heterocycles. The fraction of sp³-hybridized carbons (Fsp3) is 0.615. The molecule has 1 fully saturated rings. The number of aromatic nitrogens is 1. The highest BCUT2D eigenvalue weighted by Crippen LogP contribution is 2.29. The molecule has 1 aliphatic heterocycles. The van der Waals surface area contributed by atoms with Gasteiger partial charge in [-0.3, -0.25) is 4.98 Å². The van der Waals surface area contributed by atoms with Crippen LogP contribution in [0.5, 0.6) is 0 Å². The summed E-state index contributed by atoms with van der Waals surface area (Å²) in [6, 6.07) is 1.49. The van der Waals surface area contributed by atoms with Gasteiger partial charge in [0.05, 0.1) is 5.60 Å². The van der Waals surface area contributed by atoms with Crippen LogP contribution in [0.4, 0.5) is 13.2 Å². The van der Waals surface area contributed by atoms with E-state index in [2.05, 4.69) is 10.3 Å². The van der Waals surface area contributed by atoms with Crippen LogP contribution in [0.1, 0.15) is 12.0 Å². The molecule has 112 valence electrons. The number of aliphatic hydroxyl groups is 1. The highest BCUT2D eigenvalue weighted by molar-refractivity contribution is 7.99. The van der Waals surface area contributed by atoms with Crippen molar-refractivity contribution in [3.63, 3.8) is 0 Å². The number of nitrogens with one attached hydrogen (secondary N) is 1. The van der Waals surface area contributed by atoms with Gasteiger partial charge in [-0.2, -0.15) is 24.9 Å². The van der Waals surface area contributed by atoms with Crippen LogP contribution in [0.25, 0.3) is 0 Å². The van der Waals surface area contributed by atoms with Crippen LogP contribution in [0, 0.1) is 0 Å². The first-order valence-corrected chi connectivity index (χ1v) is 7.54. The second kappa shape index (κ2) is 6.32. The van der Waals surface area contributed by atoms with Crippen molar-refractivity contribution >= 4 is 11.8 Å². The van der Waals surface area contributed by atoms with Crippen LogP contribution in [0.3, 0.4) is 0 Å². The van der Waals surface area contributed by atoms with E-state index in [0.29, 0.717) is 17.7 Å². The lowest BCUT2D eigenvalue weighted by Gasteiger charge is -2.27. The first-order chi connectivity index (χ1) is 9.39. The van der Waals surface area contributed by atoms with Gasteiger partial charge in [0.2, 0.25) is 0 Å². The molecule has 3 nitrogen and oxygen atoms in total. The van der Waals surface area contributed by atoms with Gasteiger partial charge in [0.15, 0.2) is 0 Å². The Morgan fingerprint density at radius 3 is 2.65 bits per heavy atom. The SMILES string of the molecule is O[C@@]1(CN[C@@H](Cc2ccncc2)C(F)(F)F)CCSC1. The van der Waals surface area contributed by atoms with Gasteiger partial charge in [-0.25, -0.2) is 0 Å². The quantitative estimate of drug-likeness (QED) is 0.873. The highest BCUT2D eigenvalue weighted by Gasteiger charge is 2.41. The third-order valence-electron chi connectivity index (χ3n) is 3.34. The summed E-state index contributed by atoms with van der Waals surface area (Å²) in [6.07, 6.45) is -1.01. The predicted molar refractivity (Wildman–Crippen MR) is 72.7 cm³/mol. The lowest BCUT2D eigenvalue weighted by molar-refractivity contribution is -0.157. The summed E-state index contributed by atoms with van der Waals surface area (Å²) in [7, 11) is 0. The molecule has 0 spiro atoms. The molecule has 1 aromatic rings. The normalized spacial score (nSPS) is 24.8. The molecular weight excluding hydrogens is 289 g/mol. The minimum absolute atomic E-state index is 0.0325. The standard InChI is InChI=1S/C13H17F3N2OS/c14-13(15,16)11(7-10-1-4-17-5-2-10)18-8-12(19)3-6-20-9-12/h1-2,4-5,11,18-19H,3,6-9H2/t11-,12+/m0/s1. The minimum Gasteiger partial charge on any atom is -0.388 e. The average molecular weight is 306 g/mol. The molecule has 0 radical (unpaired) electrons. The van der Waals surface area contributed by atoms with E-state index < -0.39 is 17.8 Å². The molecule has 7 heteroatoms. The van der Waals surface area contributed by atoms with Crippen molar-refractivity contribution < 1.29 is 18.3 Å². The second-order valence-electron chi connectivity index (χ2n) is 5.06. The molecule has 2 atom stereocenters. The zero-order chi connectivity index (χ0) is 14.6. The molecule has 0 aromatic carbocycles.